The molecule has 1 unspecified atom stereocenters. The minimum absolute atomic E-state index is 0.0643. The highest BCUT2D eigenvalue weighted by Gasteiger charge is 2.29. The van der Waals surface area contributed by atoms with Gasteiger partial charge in [-0.05, 0) is 6.07 Å². The number of allylic oxidation sites excluding steroid dienone is 1. The largest absolute Gasteiger partial charge is 0.369 e. The van der Waals surface area contributed by atoms with Gasteiger partial charge in [0.1, 0.15) is 11.7 Å². The summed E-state index contributed by atoms with van der Waals surface area (Å²) in [4.78, 5) is 26.7. The van der Waals surface area contributed by atoms with E-state index in [1.54, 1.807) is 6.07 Å². The fourth-order valence-electron chi connectivity index (χ4n) is 1.59. The van der Waals surface area contributed by atoms with Crippen LogP contribution in [0.15, 0.2) is 35.5 Å². The Labute approximate surface area is 96.6 Å². The Hall–Kier alpha value is -2.30. The maximum Gasteiger partial charge on any atom is 0.233 e. The second-order valence-corrected chi connectivity index (χ2v) is 3.57. The first-order chi connectivity index (χ1) is 8.11. The Balaban J connectivity index is 2.44. The highest BCUT2D eigenvalue weighted by Crippen LogP contribution is 2.24. The van der Waals surface area contributed by atoms with Crippen molar-refractivity contribution < 1.29 is 14.0 Å². The molecule has 1 aliphatic rings. The van der Waals surface area contributed by atoms with E-state index in [1.807, 2.05) is 0 Å². The lowest BCUT2D eigenvalue weighted by Crippen LogP contribution is -2.33. The lowest BCUT2D eigenvalue weighted by Gasteiger charge is -2.14. The molecular formula is C12H9FN2O2. The molecule has 0 radical (unpaired) electrons. The molecule has 0 aromatic heterocycles. The zero-order valence-electron chi connectivity index (χ0n) is 8.76. The minimum Gasteiger partial charge on any atom is -0.369 e. The number of nitrogens with zero attached hydrogens (tertiary/aromatic N) is 1. The predicted molar refractivity (Wildman–Crippen MR) is 60.6 cm³/mol. The van der Waals surface area contributed by atoms with Crippen LogP contribution in [0.5, 0.6) is 0 Å². The molecule has 5 heteroatoms. The van der Waals surface area contributed by atoms with Crippen molar-refractivity contribution in [3.8, 4) is 0 Å². The fourth-order valence-corrected chi connectivity index (χ4v) is 1.59. The normalized spacial score (nSPS) is 19.0. The first-order valence-corrected chi connectivity index (χ1v) is 4.93. The number of benzene rings is 1. The molecule has 1 heterocycles. The summed E-state index contributed by atoms with van der Waals surface area (Å²) in [6.45, 7) is 0. The summed E-state index contributed by atoms with van der Waals surface area (Å²) in [5.41, 5.74) is 5.25. The number of primary amides is 1. The molecule has 2 rings (SSSR count). The number of hydrogen-bond acceptors (Lipinski definition) is 3. The van der Waals surface area contributed by atoms with E-state index in [-0.39, 0.29) is 11.1 Å². The quantitative estimate of drug-likeness (QED) is 0.770. The summed E-state index contributed by atoms with van der Waals surface area (Å²) in [6, 6.07) is 5.81. The van der Waals surface area contributed by atoms with Crippen molar-refractivity contribution in [2.75, 3.05) is 0 Å². The van der Waals surface area contributed by atoms with Crippen LogP contribution < -0.4 is 5.73 Å². The fraction of sp³-hybridized carbons (Fsp3) is 0.0833. The maximum atomic E-state index is 13.5. The number of rotatable bonds is 2. The molecule has 1 aliphatic heterocycles. The van der Waals surface area contributed by atoms with E-state index in [9.17, 15) is 14.0 Å². The Bertz CT molecular complexity index is 549. The van der Waals surface area contributed by atoms with Gasteiger partial charge in [0.15, 0.2) is 5.78 Å². The number of carbonyl (C=O) groups excluding carboxylic acids is 2. The van der Waals surface area contributed by atoms with E-state index in [4.69, 9.17) is 5.73 Å². The number of amides is 1. The van der Waals surface area contributed by atoms with E-state index < -0.39 is 23.4 Å². The van der Waals surface area contributed by atoms with Crippen LogP contribution in [0.4, 0.5) is 4.39 Å². The van der Waals surface area contributed by atoms with E-state index in [2.05, 4.69) is 4.99 Å². The molecule has 1 amide bonds. The van der Waals surface area contributed by atoms with Gasteiger partial charge in [-0.3, -0.25) is 14.6 Å². The van der Waals surface area contributed by atoms with Crippen molar-refractivity contribution in [3.63, 3.8) is 0 Å². The van der Waals surface area contributed by atoms with Crippen LogP contribution in [0.1, 0.15) is 5.56 Å². The van der Waals surface area contributed by atoms with Gasteiger partial charge in [0.05, 0.1) is 0 Å². The molecule has 0 saturated carbocycles. The van der Waals surface area contributed by atoms with Gasteiger partial charge < -0.3 is 5.73 Å². The van der Waals surface area contributed by atoms with Gasteiger partial charge in [0, 0.05) is 23.6 Å². The summed E-state index contributed by atoms with van der Waals surface area (Å²) in [6.07, 6.45) is 2.40. The summed E-state index contributed by atoms with van der Waals surface area (Å²) >= 11 is 0. The van der Waals surface area contributed by atoms with Crippen molar-refractivity contribution in [2.24, 2.45) is 16.6 Å². The van der Waals surface area contributed by atoms with E-state index in [1.165, 1.54) is 24.4 Å². The SMILES string of the molecule is NC(=O)C1C=NC=C(c2ccccc2F)C1=O. The number of halogens is 1. The van der Waals surface area contributed by atoms with Crippen molar-refractivity contribution in [1.29, 1.82) is 0 Å². The molecule has 0 aliphatic carbocycles. The van der Waals surface area contributed by atoms with Crippen molar-refractivity contribution in [3.05, 3.63) is 41.8 Å². The summed E-state index contributed by atoms with van der Waals surface area (Å²) in [7, 11) is 0. The van der Waals surface area contributed by atoms with Crippen LogP contribution >= 0.6 is 0 Å². The topological polar surface area (TPSA) is 72.5 Å². The number of hydrogen-bond donors (Lipinski definition) is 1. The standard InChI is InChI=1S/C12H9FN2O2/c13-10-4-2-1-3-7(10)8-5-15-6-9(11(8)16)12(14)17/h1-6,9H,(H2,14,17). The lowest BCUT2D eigenvalue weighted by molar-refractivity contribution is -0.126. The van der Waals surface area contributed by atoms with E-state index >= 15 is 0 Å². The average molecular weight is 232 g/mol. The highest BCUT2D eigenvalue weighted by atomic mass is 19.1. The molecule has 1 aromatic rings. The number of aliphatic imine (C=N–C) groups is 1. The molecule has 1 atom stereocenters. The molecule has 17 heavy (non-hydrogen) atoms. The van der Waals surface area contributed by atoms with Gasteiger partial charge in [-0.1, -0.05) is 18.2 Å². The Morgan fingerprint density at radius 2 is 2.06 bits per heavy atom. The maximum absolute atomic E-state index is 13.5. The van der Waals surface area contributed by atoms with Gasteiger partial charge in [-0.25, -0.2) is 4.39 Å². The van der Waals surface area contributed by atoms with Crippen LogP contribution in [0.25, 0.3) is 5.57 Å². The van der Waals surface area contributed by atoms with Gasteiger partial charge in [0.25, 0.3) is 0 Å². The minimum atomic E-state index is -1.12. The van der Waals surface area contributed by atoms with Crippen LogP contribution in [0.3, 0.4) is 0 Å². The first kappa shape index (κ1) is 11.2. The van der Waals surface area contributed by atoms with Gasteiger partial charge in [-0.2, -0.15) is 0 Å². The third kappa shape index (κ3) is 1.99. The molecule has 86 valence electrons. The molecular weight excluding hydrogens is 223 g/mol. The van der Waals surface area contributed by atoms with Gasteiger partial charge in [0.2, 0.25) is 5.91 Å². The van der Waals surface area contributed by atoms with Crippen LogP contribution in [-0.4, -0.2) is 17.9 Å². The third-order valence-electron chi connectivity index (χ3n) is 2.46. The van der Waals surface area contributed by atoms with Gasteiger partial charge >= 0.3 is 0 Å². The molecule has 0 spiro atoms. The Kier molecular flexibility index (Phi) is 2.82. The smallest absolute Gasteiger partial charge is 0.233 e. The average Bonchev–Trinajstić information content (AvgIpc) is 2.30. The zero-order chi connectivity index (χ0) is 12.4. The van der Waals surface area contributed by atoms with Crippen molar-refractivity contribution in [1.82, 2.24) is 0 Å². The van der Waals surface area contributed by atoms with Crippen molar-refractivity contribution >= 4 is 23.5 Å². The Morgan fingerprint density at radius 1 is 1.35 bits per heavy atom. The van der Waals surface area contributed by atoms with Gasteiger partial charge in [-0.15, -0.1) is 0 Å². The second-order valence-electron chi connectivity index (χ2n) is 3.57. The number of carbonyl (C=O) groups is 2. The zero-order valence-corrected chi connectivity index (χ0v) is 8.76. The van der Waals surface area contributed by atoms with E-state index in [0.717, 1.165) is 6.21 Å². The molecule has 0 fully saturated rings. The molecule has 2 N–H and O–H groups in total. The molecule has 0 saturated heterocycles. The molecule has 0 bridgehead atoms. The Morgan fingerprint density at radius 3 is 2.71 bits per heavy atom. The second kappa shape index (κ2) is 4.29. The van der Waals surface area contributed by atoms with Crippen LogP contribution in [0, 0.1) is 11.7 Å². The number of ketones is 1. The van der Waals surface area contributed by atoms with E-state index in [0.29, 0.717) is 0 Å². The predicted octanol–water partition coefficient (Wildman–Crippen LogP) is 0.922. The molecule has 1 aromatic carbocycles. The molecule has 4 nitrogen and oxygen atoms in total. The summed E-state index contributed by atoms with van der Waals surface area (Å²) in [5, 5.41) is 0. The number of Topliss-reactive ketones (excluding diaryl/α,β-unsaturated/α-hetero) is 1. The van der Waals surface area contributed by atoms with Crippen molar-refractivity contribution in [2.45, 2.75) is 0 Å². The lowest BCUT2D eigenvalue weighted by atomic mass is 9.91. The first-order valence-electron chi connectivity index (χ1n) is 4.93. The summed E-state index contributed by atoms with van der Waals surface area (Å²) in [5.74, 6) is -2.97. The van der Waals surface area contributed by atoms with Crippen LogP contribution in [0.2, 0.25) is 0 Å². The third-order valence-corrected chi connectivity index (χ3v) is 2.46. The number of nitrogens with two attached hydrogens (primary N) is 1. The highest BCUT2D eigenvalue weighted by molar-refractivity contribution is 6.33. The van der Waals surface area contributed by atoms with Crippen LogP contribution in [-0.2, 0) is 9.59 Å². The summed E-state index contributed by atoms with van der Waals surface area (Å²) < 4.78 is 13.5. The monoisotopic (exact) mass is 232 g/mol.